The molecule has 0 radical (unpaired) electrons. The first-order valence-corrected chi connectivity index (χ1v) is 7.98. The van der Waals surface area contributed by atoms with Crippen LogP contribution in [-0.4, -0.2) is 38.8 Å². The first-order valence-electron chi connectivity index (χ1n) is 7.98. The number of rotatable bonds is 7. The van der Waals surface area contributed by atoms with Crippen molar-refractivity contribution in [2.75, 3.05) is 13.7 Å². The van der Waals surface area contributed by atoms with Crippen LogP contribution in [-0.2, 0) is 12.8 Å². The molecule has 2 aromatic heterocycles. The lowest BCUT2D eigenvalue weighted by atomic mass is 10.1. The van der Waals surface area contributed by atoms with Crippen molar-refractivity contribution < 1.29 is 14.6 Å². The Morgan fingerprint density at radius 2 is 1.77 bits per heavy atom. The standard InChI is InChI=1S/C18H18N4O4/c1-25-17-19-9-13(10-20-17)8-14-11-21-18(22-16(14)24)26-7-6-12-2-4-15(23)5-3-12/h2-5,9-11,23H,6-8H2,1H3,(H,21,22,24). The maximum atomic E-state index is 12.2. The maximum absolute atomic E-state index is 12.2. The molecule has 0 unspecified atom stereocenters. The van der Waals surface area contributed by atoms with Gasteiger partial charge in [-0.25, -0.2) is 15.0 Å². The smallest absolute Gasteiger partial charge is 0.316 e. The van der Waals surface area contributed by atoms with Gasteiger partial charge < -0.3 is 14.6 Å². The maximum Gasteiger partial charge on any atom is 0.316 e. The van der Waals surface area contributed by atoms with Gasteiger partial charge in [0, 0.05) is 37.0 Å². The van der Waals surface area contributed by atoms with Gasteiger partial charge in [-0.2, -0.15) is 0 Å². The number of phenolic OH excluding ortho intramolecular Hbond substituents is 1. The van der Waals surface area contributed by atoms with Crippen molar-refractivity contribution >= 4 is 0 Å². The summed E-state index contributed by atoms with van der Waals surface area (Å²) in [5.41, 5.74) is 2.01. The summed E-state index contributed by atoms with van der Waals surface area (Å²) in [6, 6.07) is 7.31. The third-order valence-electron chi connectivity index (χ3n) is 3.67. The van der Waals surface area contributed by atoms with Gasteiger partial charge in [0.05, 0.1) is 13.7 Å². The average molecular weight is 354 g/mol. The van der Waals surface area contributed by atoms with Crippen LogP contribution in [0.1, 0.15) is 16.7 Å². The molecule has 3 aromatic rings. The summed E-state index contributed by atoms with van der Waals surface area (Å²) >= 11 is 0. The Kier molecular flexibility index (Phi) is 5.43. The quantitative estimate of drug-likeness (QED) is 0.661. The molecule has 0 aliphatic rings. The largest absolute Gasteiger partial charge is 0.508 e. The average Bonchev–Trinajstić information content (AvgIpc) is 2.66. The third-order valence-corrected chi connectivity index (χ3v) is 3.67. The van der Waals surface area contributed by atoms with Crippen LogP contribution < -0.4 is 15.0 Å². The molecule has 0 saturated heterocycles. The molecular weight excluding hydrogens is 336 g/mol. The first kappa shape index (κ1) is 17.4. The Bertz CT molecular complexity index is 908. The summed E-state index contributed by atoms with van der Waals surface area (Å²) in [7, 11) is 1.49. The fraction of sp³-hybridized carbons (Fsp3) is 0.222. The number of ether oxygens (including phenoxy) is 2. The summed E-state index contributed by atoms with van der Waals surface area (Å²) < 4.78 is 10.4. The van der Waals surface area contributed by atoms with Crippen molar-refractivity contribution in [3.8, 4) is 17.8 Å². The molecule has 0 aliphatic heterocycles. The lowest BCUT2D eigenvalue weighted by molar-refractivity contribution is 0.295. The van der Waals surface area contributed by atoms with E-state index >= 15 is 0 Å². The van der Waals surface area contributed by atoms with Crippen LogP contribution in [0.15, 0.2) is 47.7 Å². The molecule has 0 bridgehead atoms. The van der Waals surface area contributed by atoms with Gasteiger partial charge >= 0.3 is 6.01 Å². The van der Waals surface area contributed by atoms with E-state index in [2.05, 4.69) is 19.9 Å². The van der Waals surface area contributed by atoms with Crippen LogP contribution in [0.2, 0.25) is 0 Å². The number of aromatic nitrogens is 4. The Morgan fingerprint density at radius 1 is 1.04 bits per heavy atom. The Morgan fingerprint density at radius 3 is 2.42 bits per heavy atom. The number of aromatic hydroxyl groups is 1. The van der Waals surface area contributed by atoms with E-state index in [9.17, 15) is 9.90 Å². The van der Waals surface area contributed by atoms with Crippen molar-refractivity contribution in [2.45, 2.75) is 12.8 Å². The number of aromatic amines is 1. The van der Waals surface area contributed by atoms with E-state index in [1.54, 1.807) is 24.5 Å². The highest BCUT2D eigenvalue weighted by Gasteiger charge is 2.06. The number of H-pyrrole nitrogens is 1. The van der Waals surface area contributed by atoms with Gasteiger partial charge in [0.1, 0.15) is 5.75 Å². The summed E-state index contributed by atoms with van der Waals surface area (Å²) in [6.45, 7) is 0.360. The van der Waals surface area contributed by atoms with E-state index in [-0.39, 0.29) is 23.3 Å². The highest BCUT2D eigenvalue weighted by molar-refractivity contribution is 5.26. The molecule has 0 atom stereocenters. The van der Waals surface area contributed by atoms with E-state index < -0.39 is 0 Å². The highest BCUT2D eigenvalue weighted by Crippen LogP contribution is 2.11. The number of benzene rings is 1. The monoisotopic (exact) mass is 354 g/mol. The zero-order valence-electron chi connectivity index (χ0n) is 14.2. The van der Waals surface area contributed by atoms with Crippen molar-refractivity contribution in [3.05, 3.63) is 69.9 Å². The summed E-state index contributed by atoms with van der Waals surface area (Å²) in [5, 5.41) is 9.25. The molecule has 2 heterocycles. The number of nitrogens with one attached hydrogen (secondary N) is 1. The predicted molar refractivity (Wildman–Crippen MR) is 93.6 cm³/mol. The van der Waals surface area contributed by atoms with Gasteiger partial charge in [0.25, 0.3) is 11.6 Å². The van der Waals surface area contributed by atoms with E-state index in [1.165, 1.54) is 13.3 Å². The molecule has 134 valence electrons. The minimum absolute atomic E-state index is 0.170. The SMILES string of the molecule is COc1ncc(Cc2cnc(OCCc3ccc(O)cc3)[nH]c2=O)cn1. The molecular formula is C18H18N4O4. The number of hydrogen-bond acceptors (Lipinski definition) is 7. The van der Waals surface area contributed by atoms with Gasteiger partial charge in [-0.15, -0.1) is 0 Å². The summed E-state index contributed by atoms with van der Waals surface area (Å²) in [6.07, 6.45) is 5.69. The lowest BCUT2D eigenvalue weighted by Gasteiger charge is -2.06. The summed E-state index contributed by atoms with van der Waals surface area (Å²) in [4.78, 5) is 26.9. The minimum atomic E-state index is -0.268. The van der Waals surface area contributed by atoms with Crippen molar-refractivity contribution in [1.82, 2.24) is 19.9 Å². The Labute approximate surface area is 149 Å². The molecule has 0 saturated carbocycles. The number of methoxy groups -OCH3 is 1. The second-order valence-electron chi connectivity index (χ2n) is 5.56. The number of nitrogens with zero attached hydrogens (tertiary/aromatic N) is 3. The minimum Gasteiger partial charge on any atom is -0.508 e. The van der Waals surface area contributed by atoms with Crippen LogP contribution in [0.25, 0.3) is 0 Å². The zero-order chi connectivity index (χ0) is 18.4. The fourth-order valence-electron chi connectivity index (χ4n) is 2.29. The van der Waals surface area contributed by atoms with Crippen molar-refractivity contribution in [3.63, 3.8) is 0 Å². The third kappa shape index (κ3) is 4.56. The van der Waals surface area contributed by atoms with Gasteiger partial charge in [0.15, 0.2) is 0 Å². The van der Waals surface area contributed by atoms with Crippen LogP contribution in [0.5, 0.6) is 17.8 Å². The molecule has 0 spiro atoms. The number of phenols is 1. The van der Waals surface area contributed by atoms with Gasteiger partial charge in [-0.1, -0.05) is 12.1 Å². The van der Waals surface area contributed by atoms with E-state index in [0.29, 0.717) is 25.0 Å². The van der Waals surface area contributed by atoms with Crippen LogP contribution in [0.4, 0.5) is 0 Å². The number of hydrogen-bond donors (Lipinski definition) is 2. The molecule has 1 aromatic carbocycles. The molecule has 8 nitrogen and oxygen atoms in total. The predicted octanol–water partition coefficient (Wildman–Crippen LogP) is 1.49. The van der Waals surface area contributed by atoms with E-state index in [0.717, 1.165) is 11.1 Å². The molecule has 2 N–H and O–H groups in total. The highest BCUT2D eigenvalue weighted by atomic mass is 16.5. The Balaban J connectivity index is 1.58. The fourth-order valence-corrected chi connectivity index (χ4v) is 2.29. The van der Waals surface area contributed by atoms with Gasteiger partial charge in [0.2, 0.25) is 0 Å². The Hall–Kier alpha value is -3.42. The normalized spacial score (nSPS) is 10.5. The van der Waals surface area contributed by atoms with Crippen LogP contribution in [0.3, 0.4) is 0 Å². The summed E-state index contributed by atoms with van der Waals surface area (Å²) in [5.74, 6) is 0.221. The lowest BCUT2D eigenvalue weighted by Crippen LogP contribution is -2.16. The van der Waals surface area contributed by atoms with Gasteiger partial charge in [-0.3, -0.25) is 9.78 Å². The second-order valence-corrected chi connectivity index (χ2v) is 5.56. The van der Waals surface area contributed by atoms with Gasteiger partial charge in [-0.05, 0) is 23.3 Å². The van der Waals surface area contributed by atoms with Crippen molar-refractivity contribution in [2.24, 2.45) is 0 Å². The first-order chi connectivity index (χ1) is 12.6. The molecule has 3 rings (SSSR count). The molecule has 0 amide bonds. The molecule has 0 fully saturated rings. The van der Waals surface area contributed by atoms with Crippen LogP contribution in [0, 0.1) is 0 Å². The van der Waals surface area contributed by atoms with E-state index in [1.807, 2.05) is 12.1 Å². The molecule has 26 heavy (non-hydrogen) atoms. The molecule has 8 heteroatoms. The van der Waals surface area contributed by atoms with E-state index in [4.69, 9.17) is 9.47 Å². The topological polar surface area (TPSA) is 110 Å². The zero-order valence-corrected chi connectivity index (χ0v) is 14.2. The van der Waals surface area contributed by atoms with Crippen LogP contribution >= 0.6 is 0 Å². The van der Waals surface area contributed by atoms with Crippen molar-refractivity contribution in [1.29, 1.82) is 0 Å². The molecule has 0 aliphatic carbocycles. The second kappa shape index (κ2) is 8.11.